The summed E-state index contributed by atoms with van der Waals surface area (Å²) in [7, 11) is 0. The Bertz CT molecular complexity index is 829. The van der Waals surface area contributed by atoms with Crippen molar-refractivity contribution in [1.29, 1.82) is 0 Å². The van der Waals surface area contributed by atoms with Gasteiger partial charge in [-0.2, -0.15) is 0 Å². The van der Waals surface area contributed by atoms with E-state index in [1.165, 1.54) is 50.5 Å². The molecule has 304 valence electrons. The summed E-state index contributed by atoms with van der Waals surface area (Å²) in [4.78, 5) is 0. The minimum atomic E-state index is 0.512. The van der Waals surface area contributed by atoms with Gasteiger partial charge in [-0.3, -0.25) is 0 Å². The van der Waals surface area contributed by atoms with E-state index in [1.807, 2.05) is 0 Å². The van der Waals surface area contributed by atoms with Crippen molar-refractivity contribution in [2.45, 2.75) is 58.3 Å². The number of ether oxygens (including phenoxy) is 12. The van der Waals surface area contributed by atoms with Crippen LogP contribution in [0.2, 0.25) is 0 Å². The SMILES string of the molecule is C=CCOCCOCCOCCOCCOCCOCCOCCOCCOCCOCCOCCOc1ccc(CCCCCCCCC)cc1. The summed E-state index contributed by atoms with van der Waals surface area (Å²) >= 11 is 0. The fraction of sp³-hybridized carbons (Fsp3) is 0.800. The number of hydrogen-bond donors (Lipinski definition) is 0. The number of hydrogen-bond acceptors (Lipinski definition) is 12. The van der Waals surface area contributed by atoms with Crippen LogP contribution < -0.4 is 4.74 Å². The molecule has 1 aromatic rings. The molecule has 0 fully saturated rings. The maximum absolute atomic E-state index is 5.79. The van der Waals surface area contributed by atoms with E-state index in [9.17, 15) is 0 Å². The normalized spacial score (nSPS) is 11.4. The first-order valence-corrected chi connectivity index (χ1v) is 19.5. The van der Waals surface area contributed by atoms with Crippen LogP contribution in [0.4, 0.5) is 0 Å². The molecule has 0 saturated heterocycles. The van der Waals surface area contributed by atoms with E-state index in [0.717, 1.165) is 12.2 Å². The van der Waals surface area contributed by atoms with E-state index in [-0.39, 0.29) is 0 Å². The molecule has 12 nitrogen and oxygen atoms in total. The summed E-state index contributed by atoms with van der Waals surface area (Å²) in [5.41, 5.74) is 1.38. The zero-order valence-corrected chi connectivity index (χ0v) is 32.4. The van der Waals surface area contributed by atoms with Gasteiger partial charge in [0.15, 0.2) is 0 Å². The molecule has 0 amide bonds. The summed E-state index contributed by atoms with van der Waals surface area (Å²) in [5.74, 6) is 0.887. The lowest BCUT2D eigenvalue weighted by Gasteiger charge is -2.09. The quantitative estimate of drug-likeness (QED) is 0.0602. The Labute approximate surface area is 315 Å². The zero-order chi connectivity index (χ0) is 37.1. The van der Waals surface area contributed by atoms with E-state index in [2.05, 4.69) is 37.8 Å². The molecule has 0 atom stereocenters. The van der Waals surface area contributed by atoms with Gasteiger partial charge in [0.25, 0.3) is 0 Å². The molecule has 1 rings (SSSR count). The Kier molecular flexibility index (Phi) is 39.1. The molecule has 0 aromatic heterocycles. The second kappa shape index (κ2) is 42.1. The van der Waals surface area contributed by atoms with Crippen LogP contribution in [-0.4, -0.2) is 152 Å². The molecular weight excluding hydrogens is 672 g/mol. The van der Waals surface area contributed by atoms with E-state index in [1.54, 1.807) is 6.08 Å². The van der Waals surface area contributed by atoms with Crippen LogP contribution >= 0.6 is 0 Å². The highest BCUT2D eigenvalue weighted by atomic mass is 16.6. The largest absolute Gasteiger partial charge is 0.491 e. The first-order chi connectivity index (χ1) is 25.9. The number of benzene rings is 1. The molecular formula is C40H72O12. The van der Waals surface area contributed by atoms with Crippen molar-refractivity contribution in [3.8, 4) is 5.75 Å². The topological polar surface area (TPSA) is 111 Å². The van der Waals surface area contributed by atoms with Crippen molar-refractivity contribution in [1.82, 2.24) is 0 Å². The third kappa shape index (κ3) is 36.7. The Morgan fingerprint density at radius 2 is 0.692 bits per heavy atom. The lowest BCUT2D eigenvalue weighted by molar-refractivity contribution is -0.0275. The average Bonchev–Trinajstić information content (AvgIpc) is 3.16. The smallest absolute Gasteiger partial charge is 0.119 e. The van der Waals surface area contributed by atoms with E-state index < -0.39 is 0 Å². The summed E-state index contributed by atoms with van der Waals surface area (Å²) in [6.45, 7) is 17.9. The van der Waals surface area contributed by atoms with Gasteiger partial charge in [0, 0.05) is 0 Å². The average molecular weight is 745 g/mol. The van der Waals surface area contributed by atoms with Crippen LogP contribution in [0.25, 0.3) is 0 Å². The molecule has 0 spiro atoms. The van der Waals surface area contributed by atoms with Crippen LogP contribution in [0.15, 0.2) is 36.9 Å². The van der Waals surface area contributed by atoms with Gasteiger partial charge in [-0.1, -0.05) is 63.7 Å². The number of rotatable bonds is 44. The first-order valence-electron chi connectivity index (χ1n) is 19.5. The molecule has 0 heterocycles. The van der Waals surface area contributed by atoms with Gasteiger partial charge in [-0.25, -0.2) is 0 Å². The van der Waals surface area contributed by atoms with E-state index >= 15 is 0 Å². The highest BCUT2D eigenvalue weighted by Gasteiger charge is 1.99. The molecule has 52 heavy (non-hydrogen) atoms. The van der Waals surface area contributed by atoms with E-state index in [4.69, 9.17) is 56.8 Å². The molecule has 0 aliphatic heterocycles. The Morgan fingerprint density at radius 1 is 0.385 bits per heavy atom. The van der Waals surface area contributed by atoms with Crippen LogP contribution in [0.1, 0.15) is 57.4 Å². The van der Waals surface area contributed by atoms with Crippen LogP contribution in [0.5, 0.6) is 5.75 Å². The minimum absolute atomic E-state index is 0.512. The lowest BCUT2D eigenvalue weighted by atomic mass is 10.0. The van der Waals surface area contributed by atoms with Crippen LogP contribution in [-0.2, 0) is 58.5 Å². The van der Waals surface area contributed by atoms with Crippen molar-refractivity contribution >= 4 is 0 Å². The Balaban J connectivity index is 1.68. The van der Waals surface area contributed by atoms with Crippen LogP contribution in [0.3, 0.4) is 0 Å². The van der Waals surface area contributed by atoms with Gasteiger partial charge in [0.05, 0.1) is 145 Å². The number of unbranched alkanes of at least 4 members (excludes halogenated alkanes) is 6. The zero-order valence-electron chi connectivity index (χ0n) is 32.4. The van der Waals surface area contributed by atoms with Crippen molar-refractivity contribution in [2.75, 3.05) is 152 Å². The maximum atomic E-state index is 5.79. The fourth-order valence-corrected chi connectivity index (χ4v) is 4.62. The van der Waals surface area contributed by atoms with Gasteiger partial charge in [0.2, 0.25) is 0 Å². The lowest BCUT2D eigenvalue weighted by Crippen LogP contribution is -2.15. The Hall–Kier alpha value is -1.68. The Morgan fingerprint density at radius 3 is 1.04 bits per heavy atom. The summed E-state index contributed by atoms with van der Waals surface area (Å²) in [5, 5.41) is 0. The third-order valence-corrected chi connectivity index (χ3v) is 7.44. The highest BCUT2D eigenvalue weighted by molar-refractivity contribution is 5.27. The third-order valence-electron chi connectivity index (χ3n) is 7.44. The molecule has 0 aliphatic rings. The van der Waals surface area contributed by atoms with Gasteiger partial charge in [-0.05, 0) is 30.5 Å². The first kappa shape index (κ1) is 48.3. The van der Waals surface area contributed by atoms with Gasteiger partial charge >= 0.3 is 0 Å². The summed E-state index contributed by atoms with van der Waals surface area (Å²) in [6, 6.07) is 8.45. The molecule has 0 bridgehead atoms. The molecule has 0 aliphatic carbocycles. The van der Waals surface area contributed by atoms with E-state index in [0.29, 0.717) is 152 Å². The van der Waals surface area contributed by atoms with Crippen LogP contribution in [0, 0.1) is 0 Å². The van der Waals surface area contributed by atoms with Gasteiger partial charge < -0.3 is 56.8 Å². The summed E-state index contributed by atoms with van der Waals surface area (Å²) in [6.07, 6.45) is 12.2. The predicted molar refractivity (Wildman–Crippen MR) is 203 cm³/mol. The molecule has 0 radical (unpaired) electrons. The second-order valence-electron chi connectivity index (χ2n) is 11.9. The standard InChI is InChI=1S/C40H72O12/c1-3-5-6-7-8-9-10-11-39-12-14-40(15-13-39)52-38-37-51-36-35-50-34-33-49-32-31-48-30-29-47-28-27-46-26-25-45-24-23-44-22-21-43-20-19-42-18-17-41-16-4-2/h4,12-15H,2-3,5-11,16-38H2,1H3. The van der Waals surface area contributed by atoms with Gasteiger partial charge in [0.1, 0.15) is 12.4 Å². The van der Waals surface area contributed by atoms with Crippen molar-refractivity contribution in [3.05, 3.63) is 42.5 Å². The highest BCUT2D eigenvalue weighted by Crippen LogP contribution is 2.15. The monoisotopic (exact) mass is 745 g/mol. The maximum Gasteiger partial charge on any atom is 0.119 e. The number of aryl methyl sites for hydroxylation is 1. The molecule has 1 aromatic carbocycles. The molecule has 0 unspecified atom stereocenters. The van der Waals surface area contributed by atoms with Crippen molar-refractivity contribution in [3.63, 3.8) is 0 Å². The fourth-order valence-electron chi connectivity index (χ4n) is 4.62. The van der Waals surface area contributed by atoms with Crippen molar-refractivity contribution < 1.29 is 56.8 Å². The summed E-state index contributed by atoms with van der Waals surface area (Å²) < 4.78 is 66.0. The second-order valence-corrected chi connectivity index (χ2v) is 11.9. The van der Waals surface area contributed by atoms with Gasteiger partial charge in [-0.15, -0.1) is 6.58 Å². The van der Waals surface area contributed by atoms with Crippen molar-refractivity contribution in [2.24, 2.45) is 0 Å². The predicted octanol–water partition coefficient (Wildman–Crippen LogP) is 5.73. The molecule has 0 N–H and O–H groups in total. The molecule has 12 heteroatoms. The minimum Gasteiger partial charge on any atom is -0.491 e. The molecule has 0 saturated carbocycles.